The predicted molar refractivity (Wildman–Crippen MR) is 70.8 cm³/mol. The molecule has 0 aliphatic carbocycles. The van der Waals surface area contributed by atoms with Gasteiger partial charge in [0.2, 0.25) is 0 Å². The highest BCUT2D eigenvalue weighted by Gasteiger charge is 2.15. The quantitative estimate of drug-likeness (QED) is 0.940. The van der Waals surface area contributed by atoms with Crippen LogP contribution in [0.1, 0.15) is 10.4 Å². The van der Waals surface area contributed by atoms with Gasteiger partial charge in [0.1, 0.15) is 11.4 Å². The van der Waals surface area contributed by atoms with Crippen molar-refractivity contribution in [3.05, 3.63) is 46.3 Å². The van der Waals surface area contributed by atoms with E-state index in [1.807, 2.05) is 0 Å². The van der Waals surface area contributed by atoms with Gasteiger partial charge in [-0.15, -0.1) is 0 Å². The Morgan fingerprint density at radius 3 is 2.79 bits per heavy atom. The molecule has 0 spiro atoms. The van der Waals surface area contributed by atoms with Crippen molar-refractivity contribution < 1.29 is 19.0 Å². The minimum absolute atomic E-state index is 0.0631. The highest BCUT2D eigenvalue weighted by molar-refractivity contribution is 9.10. The van der Waals surface area contributed by atoms with Gasteiger partial charge in [-0.1, -0.05) is 15.9 Å². The lowest BCUT2D eigenvalue weighted by atomic mass is 10.1. The van der Waals surface area contributed by atoms with Gasteiger partial charge in [0.25, 0.3) is 0 Å². The van der Waals surface area contributed by atoms with Crippen LogP contribution in [0.15, 0.2) is 34.9 Å². The number of rotatable bonds is 3. The summed E-state index contributed by atoms with van der Waals surface area (Å²) in [4.78, 5) is 15.1. The summed E-state index contributed by atoms with van der Waals surface area (Å²) in [5, 5.41) is 9.08. The lowest BCUT2D eigenvalue weighted by molar-refractivity contribution is 0.0693. The Balaban J connectivity index is 2.60. The molecule has 0 aliphatic heterocycles. The summed E-state index contributed by atoms with van der Waals surface area (Å²) in [6.45, 7) is 0. The van der Waals surface area contributed by atoms with Gasteiger partial charge in [-0.05, 0) is 24.3 Å². The molecule has 4 nitrogen and oxygen atoms in total. The first-order valence-electron chi connectivity index (χ1n) is 5.25. The number of hydrogen-bond donors (Lipinski definition) is 1. The van der Waals surface area contributed by atoms with Crippen LogP contribution in [0.5, 0.6) is 5.75 Å². The summed E-state index contributed by atoms with van der Waals surface area (Å²) < 4.78 is 19.3. The monoisotopic (exact) mass is 325 g/mol. The van der Waals surface area contributed by atoms with Crippen LogP contribution in [0, 0.1) is 5.82 Å². The zero-order valence-corrected chi connectivity index (χ0v) is 11.4. The van der Waals surface area contributed by atoms with E-state index < -0.39 is 11.8 Å². The van der Waals surface area contributed by atoms with Gasteiger partial charge in [-0.3, -0.25) is 4.98 Å². The van der Waals surface area contributed by atoms with Crippen molar-refractivity contribution in [3.8, 4) is 17.0 Å². The first-order chi connectivity index (χ1) is 9.02. The van der Waals surface area contributed by atoms with Gasteiger partial charge in [0, 0.05) is 10.0 Å². The van der Waals surface area contributed by atoms with Crippen LogP contribution in [-0.2, 0) is 0 Å². The van der Waals surface area contributed by atoms with Crippen LogP contribution in [0.2, 0.25) is 0 Å². The second kappa shape index (κ2) is 5.36. The largest absolute Gasteiger partial charge is 0.494 e. The molecule has 1 N–H and O–H groups in total. The normalized spacial score (nSPS) is 10.3. The van der Waals surface area contributed by atoms with Crippen LogP contribution in [0.4, 0.5) is 4.39 Å². The Kier molecular flexibility index (Phi) is 3.80. The molecule has 1 heterocycles. The predicted octanol–water partition coefficient (Wildman–Crippen LogP) is 3.36. The van der Waals surface area contributed by atoms with E-state index in [0.29, 0.717) is 4.47 Å². The van der Waals surface area contributed by atoms with E-state index in [0.717, 1.165) is 0 Å². The van der Waals surface area contributed by atoms with Crippen LogP contribution in [0.3, 0.4) is 0 Å². The fourth-order valence-electron chi connectivity index (χ4n) is 1.61. The van der Waals surface area contributed by atoms with Crippen molar-refractivity contribution in [1.29, 1.82) is 0 Å². The molecule has 0 amide bonds. The van der Waals surface area contributed by atoms with E-state index >= 15 is 0 Å². The topological polar surface area (TPSA) is 59.4 Å². The van der Waals surface area contributed by atoms with E-state index in [4.69, 9.17) is 9.84 Å². The molecular formula is C13H9BrFNO3. The summed E-state index contributed by atoms with van der Waals surface area (Å²) in [5.74, 6) is -1.50. The number of carboxylic acid groups (broad SMARTS) is 1. The Bertz CT molecular complexity index is 646. The fourth-order valence-corrected chi connectivity index (χ4v) is 1.97. The van der Waals surface area contributed by atoms with Gasteiger partial charge in [0.05, 0.1) is 19.0 Å². The van der Waals surface area contributed by atoms with Crippen LogP contribution < -0.4 is 4.74 Å². The number of aromatic carboxylic acids is 1. The van der Waals surface area contributed by atoms with Gasteiger partial charge < -0.3 is 9.84 Å². The van der Waals surface area contributed by atoms with E-state index in [-0.39, 0.29) is 22.6 Å². The average molecular weight is 326 g/mol. The number of methoxy groups -OCH3 is 1. The first kappa shape index (κ1) is 13.5. The van der Waals surface area contributed by atoms with Crippen molar-refractivity contribution in [2.75, 3.05) is 7.11 Å². The second-order valence-corrected chi connectivity index (χ2v) is 4.61. The van der Waals surface area contributed by atoms with Gasteiger partial charge >= 0.3 is 5.97 Å². The maximum atomic E-state index is 13.7. The van der Waals surface area contributed by atoms with E-state index in [9.17, 15) is 9.18 Å². The number of benzene rings is 1. The molecule has 2 aromatic rings. The molecule has 0 saturated carbocycles. The zero-order valence-electron chi connectivity index (χ0n) is 9.85. The molecule has 0 bridgehead atoms. The van der Waals surface area contributed by atoms with E-state index in [1.54, 1.807) is 6.07 Å². The van der Waals surface area contributed by atoms with Crippen molar-refractivity contribution >= 4 is 21.9 Å². The maximum Gasteiger partial charge on any atom is 0.339 e. The molecule has 0 aliphatic rings. The van der Waals surface area contributed by atoms with Gasteiger partial charge in [-0.25, -0.2) is 9.18 Å². The van der Waals surface area contributed by atoms with Gasteiger partial charge in [-0.2, -0.15) is 0 Å². The maximum absolute atomic E-state index is 13.7. The fraction of sp³-hybridized carbons (Fsp3) is 0.0769. The summed E-state index contributed by atoms with van der Waals surface area (Å²) in [6, 6.07) is 5.66. The lowest BCUT2D eigenvalue weighted by Gasteiger charge is -2.08. The van der Waals surface area contributed by atoms with Crippen molar-refractivity contribution in [2.24, 2.45) is 0 Å². The van der Waals surface area contributed by atoms with Crippen LogP contribution in [-0.4, -0.2) is 23.2 Å². The summed E-state index contributed by atoms with van der Waals surface area (Å²) in [6.07, 6.45) is 1.26. The third-order valence-electron chi connectivity index (χ3n) is 2.52. The molecule has 19 heavy (non-hydrogen) atoms. The minimum atomic E-state index is -1.16. The van der Waals surface area contributed by atoms with E-state index in [1.165, 1.54) is 31.5 Å². The summed E-state index contributed by atoms with van der Waals surface area (Å²) >= 11 is 3.23. The average Bonchev–Trinajstić information content (AvgIpc) is 2.40. The summed E-state index contributed by atoms with van der Waals surface area (Å²) in [5.41, 5.74) is 0.392. The standard InChI is InChI=1S/C13H9BrFNO3/c1-19-12-6-16-11(5-9(12)13(17)18)8-4-7(14)2-3-10(8)15/h2-6H,1H3,(H,17,18). The first-order valence-corrected chi connectivity index (χ1v) is 6.05. The molecule has 6 heteroatoms. The van der Waals surface area contributed by atoms with Gasteiger partial charge in [0.15, 0.2) is 5.75 Å². The molecule has 2 rings (SSSR count). The highest BCUT2D eigenvalue weighted by atomic mass is 79.9. The minimum Gasteiger partial charge on any atom is -0.494 e. The number of nitrogens with zero attached hydrogens (tertiary/aromatic N) is 1. The number of carboxylic acids is 1. The Labute approximate surface area is 117 Å². The third kappa shape index (κ3) is 2.73. The highest BCUT2D eigenvalue weighted by Crippen LogP contribution is 2.28. The molecule has 0 radical (unpaired) electrons. The molecule has 0 atom stereocenters. The molecule has 0 fully saturated rings. The SMILES string of the molecule is COc1cnc(-c2cc(Br)ccc2F)cc1C(=O)O. The van der Waals surface area contributed by atoms with E-state index in [2.05, 4.69) is 20.9 Å². The van der Waals surface area contributed by atoms with Crippen molar-refractivity contribution in [1.82, 2.24) is 4.98 Å². The molecule has 0 unspecified atom stereocenters. The molecule has 0 saturated heterocycles. The van der Waals surface area contributed by atoms with Crippen LogP contribution in [0.25, 0.3) is 11.3 Å². The molecule has 1 aromatic heterocycles. The number of ether oxygens (including phenoxy) is 1. The second-order valence-electron chi connectivity index (χ2n) is 3.70. The Hall–Kier alpha value is -1.95. The van der Waals surface area contributed by atoms with Crippen LogP contribution >= 0.6 is 15.9 Å². The lowest BCUT2D eigenvalue weighted by Crippen LogP contribution is -2.02. The zero-order chi connectivity index (χ0) is 14.0. The van der Waals surface area contributed by atoms with Crippen molar-refractivity contribution in [3.63, 3.8) is 0 Å². The molecule has 98 valence electrons. The summed E-state index contributed by atoms with van der Waals surface area (Å²) in [7, 11) is 1.35. The third-order valence-corrected chi connectivity index (χ3v) is 3.02. The number of carbonyl (C=O) groups is 1. The number of hydrogen-bond acceptors (Lipinski definition) is 3. The molecular weight excluding hydrogens is 317 g/mol. The smallest absolute Gasteiger partial charge is 0.339 e. The Morgan fingerprint density at radius 2 is 2.16 bits per heavy atom. The molecule has 1 aromatic carbocycles. The van der Waals surface area contributed by atoms with Crippen molar-refractivity contribution in [2.45, 2.75) is 0 Å². The number of pyridine rings is 1. The number of halogens is 2. The number of aromatic nitrogens is 1. The Morgan fingerprint density at radius 1 is 1.42 bits per heavy atom.